The van der Waals surface area contributed by atoms with E-state index in [1.165, 1.54) is 12.1 Å². The molecule has 4 aromatic rings. The molecule has 26 heavy (non-hydrogen) atoms. The molecule has 0 amide bonds. The van der Waals surface area contributed by atoms with Gasteiger partial charge in [-0.3, -0.25) is 4.79 Å². The highest BCUT2D eigenvalue weighted by molar-refractivity contribution is 5.82. The van der Waals surface area contributed by atoms with Gasteiger partial charge in [-0.05, 0) is 42.0 Å². The summed E-state index contributed by atoms with van der Waals surface area (Å²) in [7, 11) is 0. The molecule has 0 atom stereocenters. The molecule has 0 aliphatic carbocycles. The van der Waals surface area contributed by atoms with E-state index in [4.69, 9.17) is 0 Å². The Morgan fingerprint density at radius 2 is 1.85 bits per heavy atom. The van der Waals surface area contributed by atoms with E-state index in [0.717, 1.165) is 11.4 Å². The van der Waals surface area contributed by atoms with Crippen LogP contribution in [0.15, 0.2) is 67.5 Å². The largest absolute Gasteiger partial charge is 0.504 e. The molecule has 1 N–H and O–H groups in total. The number of benzene rings is 2. The van der Waals surface area contributed by atoms with Crippen molar-refractivity contribution in [3.63, 3.8) is 0 Å². The Morgan fingerprint density at radius 3 is 2.54 bits per heavy atom. The third-order valence-electron chi connectivity index (χ3n) is 4.05. The SMILES string of the molecule is O=Cc1cc(-c2cnn(-c3ccc(-n4ccnc4)cc3)c2)cc(F)c1O. The number of carbonyl (C=O) groups is 1. The van der Waals surface area contributed by atoms with Crippen molar-refractivity contribution in [1.29, 1.82) is 0 Å². The smallest absolute Gasteiger partial charge is 0.166 e. The van der Waals surface area contributed by atoms with Gasteiger partial charge in [-0.2, -0.15) is 5.10 Å². The zero-order valence-electron chi connectivity index (χ0n) is 13.5. The Kier molecular flexibility index (Phi) is 3.81. The van der Waals surface area contributed by atoms with E-state index in [0.29, 0.717) is 17.4 Å². The molecule has 0 radical (unpaired) electrons. The van der Waals surface area contributed by atoms with Gasteiger partial charge < -0.3 is 9.67 Å². The number of aldehydes is 1. The minimum Gasteiger partial charge on any atom is -0.504 e. The molecule has 0 spiro atoms. The third kappa shape index (κ3) is 2.75. The van der Waals surface area contributed by atoms with Crippen molar-refractivity contribution in [2.75, 3.05) is 0 Å². The number of phenolic OH excluding ortho intramolecular Hbond substituents is 1. The van der Waals surface area contributed by atoms with Crippen molar-refractivity contribution < 1.29 is 14.3 Å². The number of imidazole rings is 1. The molecule has 0 fully saturated rings. The van der Waals surface area contributed by atoms with Crippen LogP contribution in [0.5, 0.6) is 5.75 Å². The van der Waals surface area contributed by atoms with Crippen LogP contribution < -0.4 is 0 Å². The highest BCUT2D eigenvalue weighted by Gasteiger charge is 2.12. The fraction of sp³-hybridized carbons (Fsp3) is 0. The summed E-state index contributed by atoms with van der Waals surface area (Å²) in [5.74, 6) is -1.49. The van der Waals surface area contributed by atoms with Gasteiger partial charge in [-0.1, -0.05) is 0 Å². The molecular weight excluding hydrogens is 335 g/mol. The fourth-order valence-corrected chi connectivity index (χ4v) is 2.68. The summed E-state index contributed by atoms with van der Waals surface area (Å²) in [5.41, 5.74) is 2.79. The second-order valence-corrected chi connectivity index (χ2v) is 5.67. The molecule has 7 heteroatoms. The summed E-state index contributed by atoms with van der Waals surface area (Å²) in [4.78, 5) is 15.0. The van der Waals surface area contributed by atoms with E-state index >= 15 is 0 Å². The average molecular weight is 348 g/mol. The maximum Gasteiger partial charge on any atom is 0.166 e. The van der Waals surface area contributed by atoms with E-state index in [9.17, 15) is 14.3 Å². The Bertz CT molecular complexity index is 1070. The number of carbonyl (C=O) groups excluding carboxylic acids is 1. The molecule has 128 valence electrons. The first-order chi connectivity index (χ1) is 12.7. The number of hydrogen-bond donors (Lipinski definition) is 1. The highest BCUT2D eigenvalue weighted by Crippen LogP contribution is 2.28. The van der Waals surface area contributed by atoms with Gasteiger partial charge in [0.25, 0.3) is 0 Å². The van der Waals surface area contributed by atoms with Gasteiger partial charge in [0.05, 0.1) is 23.8 Å². The number of nitrogens with zero attached hydrogens (tertiary/aromatic N) is 4. The summed E-state index contributed by atoms with van der Waals surface area (Å²) < 4.78 is 17.3. The number of halogens is 1. The molecule has 2 aromatic heterocycles. The first-order valence-corrected chi connectivity index (χ1v) is 7.77. The minimum atomic E-state index is -0.845. The lowest BCUT2D eigenvalue weighted by molar-refractivity contribution is 0.112. The molecule has 2 heterocycles. The van der Waals surface area contributed by atoms with Crippen LogP contribution in [0.4, 0.5) is 4.39 Å². The van der Waals surface area contributed by atoms with Crippen LogP contribution in [0.3, 0.4) is 0 Å². The van der Waals surface area contributed by atoms with Crippen LogP contribution in [0.25, 0.3) is 22.5 Å². The Morgan fingerprint density at radius 1 is 1.08 bits per heavy atom. The molecule has 2 aromatic carbocycles. The Balaban J connectivity index is 1.66. The number of phenols is 1. The van der Waals surface area contributed by atoms with Crippen LogP contribution in [-0.2, 0) is 0 Å². The van der Waals surface area contributed by atoms with Gasteiger partial charge in [-0.25, -0.2) is 14.1 Å². The van der Waals surface area contributed by atoms with Crippen LogP contribution in [0, 0.1) is 5.82 Å². The quantitative estimate of drug-likeness (QED) is 0.574. The first kappa shape index (κ1) is 15.8. The normalized spacial score (nSPS) is 10.8. The van der Waals surface area contributed by atoms with E-state index in [1.807, 2.05) is 35.0 Å². The predicted molar refractivity (Wildman–Crippen MR) is 93.1 cm³/mol. The van der Waals surface area contributed by atoms with Crippen LogP contribution in [0.1, 0.15) is 10.4 Å². The number of aromatic nitrogens is 4. The zero-order chi connectivity index (χ0) is 18.1. The molecule has 6 nitrogen and oxygen atoms in total. The standard InChI is InChI=1S/C19H13FN4O2/c20-18-8-13(7-14(11-25)19(18)26)15-9-22-24(10-15)17-3-1-16(2-4-17)23-6-5-21-12-23/h1-12,26H. The maximum absolute atomic E-state index is 13.8. The second kappa shape index (κ2) is 6.29. The molecule has 0 saturated heterocycles. The lowest BCUT2D eigenvalue weighted by Crippen LogP contribution is -1.95. The lowest BCUT2D eigenvalue weighted by Gasteiger charge is -2.05. The third-order valence-corrected chi connectivity index (χ3v) is 4.05. The van der Waals surface area contributed by atoms with Gasteiger partial charge in [0.2, 0.25) is 0 Å². The van der Waals surface area contributed by atoms with E-state index in [2.05, 4.69) is 10.1 Å². The Hall–Kier alpha value is -3.74. The van der Waals surface area contributed by atoms with Crippen LogP contribution in [0.2, 0.25) is 0 Å². The van der Waals surface area contributed by atoms with Gasteiger partial charge in [0.15, 0.2) is 17.9 Å². The summed E-state index contributed by atoms with van der Waals surface area (Å²) >= 11 is 0. The molecular formula is C19H13FN4O2. The minimum absolute atomic E-state index is 0.0996. The second-order valence-electron chi connectivity index (χ2n) is 5.67. The van der Waals surface area contributed by atoms with Crippen molar-refractivity contribution in [3.05, 3.63) is 78.9 Å². The Labute approximate surface area is 147 Å². The van der Waals surface area contributed by atoms with E-state index in [-0.39, 0.29) is 5.56 Å². The fourth-order valence-electron chi connectivity index (χ4n) is 2.68. The number of rotatable bonds is 4. The van der Waals surface area contributed by atoms with Gasteiger partial charge in [0, 0.05) is 29.8 Å². The average Bonchev–Trinajstić information content (AvgIpc) is 3.36. The molecule has 0 bridgehead atoms. The topological polar surface area (TPSA) is 72.9 Å². The number of hydrogen-bond acceptors (Lipinski definition) is 4. The zero-order valence-corrected chi connectivity index (χ0v) is 13.5. The molecule has 0 aliphatic heterocycles. The van der Waals surface area contributed by atoms with Crippen LogP contribution in [-0.4, -0.2) is 30.7 Å². The van der Waals surface area contributed by atoms with Crippen molar-refractivity contribution in [2.45, 2.75) is 0 Å². The maximum atomic E-state index is 13.8. The van der Waals surface area contributed by atoms with Crippen molar-refractivity contribution in [3.8, 4) is 28.3 Å². The predicted octanol–water partition coefficient (Wildman–Crippen LogP) is 3.38. The molecule has 0 unspecified atom stereocenters. The summed E-state index contributed by atoms with van der Waals surface area (Å²) in [6.07, 6.45) is 8.99. The van der Waals surface area contributed by atoms with Crippen LogP contribution >= 0.6 is 0 Å². The highest BCUT2D eigenvalue weighted by atomic mass is 19.1. The monoisotopic (exact) mass is 348 g/mol. The first-order valence-electron chi connectivity index (χ1n) is 7.77. The summed E-state index contributed by atoms with van der Waals surface area (Å²) in [6, 6.07) is 10.3. The summed E-state index contributed by atoms with van der Waals surface area (Å²) in [5, 5.41) is 13.8. The van der Waals surface area contributed by atoms with E-state index in [1.54, 1.807) is 29.6 Å². The van der Waals surface area contributed by atoms with Crippen molar-refractivity contribution in [1.82, 2.24) is 19.3 Å². The van der Waals surface area contributed by atoms with Gasteiger partial charge >= 0.3 is 0 Å². The summed E-state index contributed by atoms with van der Waals surface area (Å²) in [6.45, 7) is 0. The van der Waals surface area contributed by atoms with Gasteiger partial charge in [0.1, 0.15) is 0 Å². The van der Waals surface area contributed by atoms with E-state index < -0.39 is 11.6 Å². The molecule has 0 saturated carbocycles. The van der Waals surface area contributed by atoms with Crippen molar-refractivity contribution >= 4 is 6.29 Å². The lowest BCUT2D eigenvalue weighted by atomic mass is 10.1. The molecule has 0 aliphatic rings. The molecule has 4 rings (SSSR count). The van der Waals surface area contributed by atoms with Crippen molar-refractivity contribution in [2.24, 2.45) is 0 Å². The van der Waals surface area contributed by atoms with Gasteiger partial charge in [-0.15, -0.1) is 0 Å². The number of aromatic hydroxyl groups is 1.